The third-order valence-electron chi connectivity index (χ3n) is 3.24. The molecule has 0 bridgehead atoms. The molecule has 0 spiro atoms. The lowest BCUT2D eigenvalue weighted by Gasteiger charge is -2.29. The van der Waals surface area contributed by atoms with E-state index in [-0.39, 0.29) is 19.0 Å². The lowest BCUT2D eigenvalue weighted by molar-refractivity contribution is -0.141. The summed E-state index contributed by atoms with van der Waals surface area (Å²) in [5, 5.41) is 18.6. The summed E-state index contributed by atoms with van der Waals surface area (Å²) in [5.74, 6) is -1.05. The van der Waals surface area contributed by atoms with Crippen LogP contribution in [-0.2, 0) is 4.79 Å². The van der Waals surface area contributed by atoms with Gasteiger partial charge in [0.25, 0.3) is 0 Å². The first kappa shape index (κ1) is 14.8. The molecule has 1 aliphatic heterocycles. The molecule has 6 heteroatoms. The predicted molar refractivity (Wildman–Crippen MR) is 66.3 cm³/mol. The fourth-order valence-corrected chi connectivity index (χ4v) is 2.18. The van der Waals surface area contributed by atoms with E-state index in [0.29, 0.717) is 13.1 Å². The molecule has 1 rings (SSSR count). The molecule has 1 fully saturated rings. The van der Waals surface area contributed by atoms with Gasteiger partial charge < -0.3 is 20.0 Å². The fraction of sp³-hybridized carbons (Fsp3) is 0.833. The summed E-state index contributed by atoms with van der Waals surface area (Å²) in [6.45, 7) is 5.20. The zero-order valence-corrected chi connectivity index (χ0v) is 11.0. The van der Waals surface area contributed by atoms with E-state index in [9.17, 15) is 14.7 Å². The highest BCUT2D eigenvalue weighted by Crippen LogP contribution is 2.20. The van der Waals surface area contributed by atoms with E-state index in [1.807, 2.05) is 13.8 Å². The van der Waals surface area contributed by atoms with Crippen LogP contribution >= 0.6 is 0 Å². The number of carbonyl (C=O) groups is 2. The van der Waals surface area contributed by atoms with E-state index in [0.717, 1.165) is 12.8 Å². The van der Waals surface area contributed by atoms with Gasteiger partial charge in [-0.2, -0.15) is 0 Å². The zero-order chi connectivity index (χ0) is 13.7. The van der Waals surface area contributed by atoms with Gasteiger partial charge in [0.15, 0.2) is 0 Å². The normalized spacial score (nSPS) is 23.2. The molecule has 2 N–H and O–H groups in total. The van der Waals surface area contributed by atoms with Gasteiger partial charge in [-0.1, -0.05) is 13.3 Å². The van der Waals surface area contributed by atoms with Crippen LogP contribution in [0.25, 0.3) is 0 Å². The van der Waals surface area contributed by atoms with Crippen molar-refractivity contribution in [1.82, 2.24) is 9.80 Å². The van der Waals surface area contributed by atoms with E-state index >= 15 is 0 Å². The number of amides is 2. The van der Waals surface area contributed by atoms with Crippen LogP contribution in [0.5, 0.6) is 0 Å². The number of hydrogen-bond acceptors (Lipinski definition) is 3. The van der Waals surface area contributed by atoms with Gasteiger partial charge in [-0.05, 0) is 13.3 Å². The van der Waals surface area contributed by atoms with Crippen LogP contribution in [0.3, 0.4) is 0 Å². The highest BCUT2D eigenvalue weighted by atomic mass is 16.4. The lowest BCUT2D eigenvalue weighted by atomic mass is 10.2. The van der Waals surface area contributed by atoms with Crippen LogP contribution in [0.15, 0.2) is 0 Å². The molecule has 2 atom stereocenters. The topological polar surface area (TPSA) is 81.1 Å². The standard InChI is InChI=1S/C12H22N2O4/c1-3-5-6-13(4-2)12(18)14-8-9(15)7-10(14)11(16)17/h9-10,15H,3-8H2,1-2H3,(H,16,17)/t9-,10-/m0/s1. The number of aliphatic carboxylic acids is 1. The first-order valence-corrected chi connectivity index (χ1v) is 6.47. The van der Waals surface area contributed by atoms with Crippen molar-refractivity contribution in [2.24, 2.45) is 0 Å². The smallest absolute Gasteiger partial charge is 0.326 e. The van der Waals surface area contributed by atoms with Crippen molar-refractivity contribution in [3.63, 3.8) is 0 Å². The molecule has 6 nitrogen and oxygen atoms in total. The summed E-state index contributed by atoms with van der Waals surface area (Å²) in [6.07, 6.45) is 1.26. The van der Waals surface area contributed by atoms with E-state index in [2.05, 4.69) is 0 Å². The highest BCUT2D eigenvalue weighted by Gasteiger charge is 2.40. The van der Waals surface area contributed by atoms with Crippen LogP contribution in [0.1, 0.15) is 33.1 Å². The number of carboxylic acids is 1. The summed E-state index contributed by atoms with van der Waals surface area (Å²) in [6, 6.07) is -1.18. The van der Waals surface area contributed by atoms with Crippen molar-refractivity contribution in [2.45, 2.75) is 45.3 Å². The molecule has 1 saturated heterocycles. The summed E-state index contributed by atoms with van der Waals surface area (Å²) in [4.78, 5) is 26.2. The molecular formula is C12H22N2O4. The number of unbranched alkanes of at least 4 members (excludes halogenated alkanes) is 1. The van der Waals surface area contributed by atoms with Crippen LogP contribution < -0.4 is 0 Å². The number of carboxylic acid groups (broad SMARTS) is 1. The number of nitrogens with zero attached hydrogens (tertiary/aromatic N) is 2. The third-order valence-corrected chi connectivity index (χ3v) is 3.24. The molecule has 0 aromatic rings. The van der Waals surface area contributed by atoms with Crippen LogP contribution in [0.2, 0.25) is 0 Å². The van der Waals surface area contributed by atoms with Crippen molar-refractivity contribution >= 4 is 12.0 Å². The molecule has 0 radical (unpaired) electrons. The Labute approximate surface area is 107 Å². The summed E-state index contributed by atoms with van der Waals surface area (Å²) >= 11 is 0. The average Bonchev–Trinajstić information content (AvgIpc) is 2.72. The number of likely N-dealkylation sites (tertiary alicyclic amines) is 1. The molecule has 1 heterocycles. The molecule has 0 unspecified atom stereocenters. The maximum atomic E-state index is 12.2. The van der Waals surface area contributed by atoms with Crippen LogP contribution in [0.4, 0.5) is 4.79 Å². The van der Waals surface area contributed by atoms with Gasteiger partial charge in [0.2, 0.25) is 0 Å². The van der Waals surface area contributed by atoms with Gasteiger partial charge in [-0.15, -0.1) is 0 Å². The Morgan fingerprint density at radius 3 is 2.56 bits per heavy atom. The number of rotatable bonds is 5. The van der Waals surface area contributed by atoms with Crippen molar-refractivity contribution < 1.29 is 19.8 Å². The number of β-amino-alcohol motifs (C(OH)–C–C–N with tert-alkyl or cyclic N) is 1. The first-order chi connectivity index (χ1) is 8.51. The number of aliphatic hydroxyl groups excluding tert-OH is 1. The molecular weight excluding hydrogens is 236 g/mol. The van der Waals surface area contributed by atoms with Crippen LogP contribution in [0, 0.1) is 0 Å². The molecule has 2 amide bonds. The Balaban J connectivity index is 2.70. The van der Waals surface area contributed by atoms with Crippen molar-refractivity contribution in [3.8, 4) is 0 Å². The van der Waals surface area contributed by atoms with E-state index < -0.39 is 18.1 Å². The Kier molecular flexibility index (Phi) is 5.40. The van der Waals surface area contributed by atoms with Gasteiger partial charge in [0, 0.05) is 26.1 Å². The minimum atomic E-state index is -1.05. The van der Waals surface area contributed by atoms with Crippen LogP contribution in [-0.4, -0.2) is 63.8 Å². The number of urea groups is 1. The van der Waals surface area contributed by atoms with Crippen molar-refractivity contribution in [1.29, 1.82) is 0 Å². The van der Waals surface area contributed by atoms with E-state index in [1.54, 1.807) is 4.90 Å². The van der Waals surface area contributed by atoms with E-state index in [4.69, 9.17) is 5.11 Å². The maximum absolute atomic E-state index is 12.2. The third kappa shape index (κ3) is 3.35. The van der Waals surface area contributed by atoms with Gasteiger partial charge in [0.05, 0.1) is 6.10 Å². The Hall–Kier alpha value is -1.30. The summed E-state index contributed by atoms with van der Waals surface area (Å²) in [7, 11) is 0. The quantitative estimate of drug-likeness (QED) is 0.762. The Morgan fingerprint density at radius 2 is 2.06 bits per heavy atom. The molecule has 0 aromatic carbocycles. The predicted octanol–water partition coefficient (Wildman–Crippen LogP) is 0.748. The molecule has 0 aliphatic carbocycles. The average molecular weight is 258 g/mol. The van der Waals surface area contributed by atoms with Gasteiger partial charge >= 0.3 is 12.0 Å². The van der Waals surface area contributed by atoms with Crippen molar-refractivity contribution in [2.75, 3.05) is 19.6 Å². The lowest BCUT2D eigenvalue weighted by Crippen LogP contribution is -2.48. The second-order valence-electron chi connectivity index (χ2n) is 4.61. The highest BCUT2D eigenvalue weighted by molar-refractivity contribution is 5.83. The van der Waals surface area contributed by atoms with E-state index in [1.165, 1.54) is 4.90 Å². The zero-order valence-electron chi connectivity index (χ0n) is 11.0. The molecule has 18 heavy (non-hydrogen) atoms. The molecule has 104 valence electrons. The first-order valence-electron chi connectivity index (χ1n) is 6.47. The monoisotopic (exact) mass is 258 g/mol. The maximum Gasteiger partial charge on any atom is 0.326 e. The molecule has 0 aromatic heterocycles. The van der Waals surface area contributed by atoms with Gasteiger partial charge in [0.1, 0.15) is 6.04 Å². The van der Waals surface area contributed by atoms with Gasteiger partial charge in [-0.25, -0.2) is 9.59 Å². The summed E-state index contributed by atoms with van der Waals surface area (Å²) < 4.78 is 0. The SMILES string of the molecule is CCCCN(CC)C(=O)N1C[C@@H](O)C[C@H]1C(=O)O. The number of aliphatic hydroxyl groups is 1. The number of hydrogen-bond donors (Lipinski definition) is 2. The molecule has 0 saturated carbocycles. The second kappa shape index (κ2) is 6.58. The fourth-order valence-electron chi connectivity index (χ4n) is 2.18. The van der Waals surface area contributed by atoms with Gasteiger partial charge in [-0.3, -0.25) is 0 Å². The molecule has 1 aliphatic rings. The summed E-state index contributed by atoms with van der Waals surface area (Å²) in [5.41, 5.74) is 0. The largest absolute Gasteiger partial charge is 0.480 e. The number of carbonyl (C=O) groups excluding carboxylic acids is 1. The second-order valence-corrected chi connectivity index (χ2v) is 4.61. The minimum Gasteiger partial charge on any atom is -0.480 e. The Bertz CT molecular complexity index is 308. The Morgan fingerprint density at radius 1 is 1.39 bits per heavy atom. The minimum absolute atomic E-state index is 0.110. The van der Waals surface area contributed by atoms with Crippen molar-refractivity contribution in [3.05, 3.63) is 0 Å².